The molecule has 0 radical (unpaired) electrons. The van der Waals surface area contributed by atoms with Gasteiger partial charge in [0.2, 0.25) is 0 Å². The molecule has 0 atom stereocenters. The van der Waals surface area contributed by atoms with E-state index in [2.05, 4.69) is 35.5 Å². The van der Waals surface area contributed by atoms with Crippen LogP contribution in [-0.4, -0.2) is 25.3 Å². The van der Waals surface area contributed by atoms with Crippen molar-refractivity contribution < 1.29 is 9.90 Å². The number of fused-ring (bicyclic) bond motifs is 1. The summed E-state index contributed by atoms with van der Waals surface area (Å²) >= 11 is 0. The van der Waals surface area contributed by atoms with Crippen molar-refractivity contribution in [2.75, 3.05) is 0 Å². The maximum Gasteiger partial charge on any atom is 0.342 e. The topological polar surface area (TPSA) is 76.6 Å². The molecule has 0 fully saturated rings. The van der Waals surface area contributed by atoms with Gasteiger partial charge in [-0.1, -0.05) is 48.6 Å². The number of hydrogen-bond donors (Lipinski definition) is 1. The predicted octanol–water partition coefficient (Wildman–Crippen LogP) is 3.53. The van der Waals surface area contributed by atoms with E-state index in [1.165, 1.54) is 18.0 Å². The Balaban J connectivity index is 1.80. The van der Waals surface area contributed by atoms with E-state index in [9.17, 15) is 14.7 Å². The Hall–Kier alpha value is -3.67. The first kappa shape index (κ1) is 17.7. The average molecular weight is 373 g/mol. The van der Waals surface area contributed by atoms with Crippen molar-refractivity contribution in [3.8, 4) is 0 Å². The van der Waals surface area contributed by atoms with Crippen LogP contribution in [0.25, 0.3) is 11.2 Å². The predicted molar refractivity (Wildman–Crippen MR) is 107 cm³/mol. The van der Waals surface area contributed by atoms with E-state index in [-0.39, 0.29) is 5.56 Å². The van der Waals surface area contributed by atoms with Gasteiger partial charge in [-0.05, 0) is 35.6 Å². The fourth-order valence-electron chi connectivity index (χ4n) is 3.43. The normalized spacial score (nSPS) is 15.2. The molecule has 4 rings (SSSR count). The number of rotatable bonds is 4. The second-order valence-electron chi connectivity index (χ2n) is 6.60. The first-order valence-electron chi connectivity index (χ1n) is 9.00. The lowest BCUT2D eigenvalue weighted by Crippen LogP contribution is -2.26. The highest BCUT2D eigenvalue weighted by Crippen LogP contribution is 2.27. The Labute approximate surface area is 161 Å². The first-order valence-corrected chi connectivity index (χ1v) is 9.00. The average Bonchev–Trinajstić information content (AvgIpc) is 3.21. The van der Waals surface area contributed by atoms with Gasteiger partial charge in [-0.25, -0.2) is 4.79 Å². The molecule has 3 aromatic rings. The van der Waals surface area contributed by atoms with Gasteiger partial charge in [-0.15, -0.1) is 0 Å². The number of hydrogen-bond acceptors (Lipinski definition) is 3. The second kappa shape index (κ2) is 7.15. The summed E-state index contributed by atoms with van der Waals surface area (Å²) in [5, 5.41) is 13.4. The number of aromatic carboxylic acids is 1. The van der Waals surface area contributed by atoms with Crippen molar-refractivity contribution >= 4 is 17.2 Å². The molecule has 2 aromatic heterocycles. The van der Waals surface area contributed by atoms with Gasteiger partial charge in [0, 0.05) is 18.8 Å². The van der Waals surface area contributed by atoms with Gasteiger partial charge in [0.05, 0.1) is 6.20 Å². The summed E-state index contributed by atoms with van der Waals surface area (Å²) in [6.07, 6.45) is 12.3. The number of aromatic nitrogens is 3. The molecular weight excluding hydrogens is 354 g/mol. The van der Waals surface area contributed by atoms with Gasteiger partial charge >= 0.3 is 5.97 Å². The Morgan fingerprint density at radius 2 is 2.07 bits per heavy atom. The zero-order chi connectivity index (χ0) is 19.7. The van der Waals surface area contributed by atoms with Crippen LogP contribution in [-0.2, 0) is 6.54 Å². The Bertz CT molecular complexity index is 1230. The molecule has 1 aliphatic rings. The van der Waals surface area contributed by atoms with E-state index < -0.39 is 11.5 Å². The standard InChI is InChI=1S/C22H19N3O3/c1-2-15-7-9-16(10-8-15)18-6-4-3-5-17(18)13-24-14-19(22(27)28)21(26)25-20(24)11-12-23-25/h2-7,9-12,14H,8,13H2,1H3,(H,27,28). The van der Waals surface area contributed by atoms with Gasteiger partial charge in [-0.3, -0.25) is 4.79 Å². The molecule has 6 heteroatoms. The van der Waals surface area contributed by atoms with Crippen LogP contribution < -0.4 is 5.56 Å². The van der Waals surface area contributed by atoms with Crippen LogP contribution in [0.1, 0.15) is 34.8 Å². The molecule has 6 nitrogen and oxygen atoms in total. The number of carbonyl (C=O) groups is 1. The van der Waals surface area contributed by atoms with Crippen LogP contribution in [0, 0.1) is 0 Å². The lowest BCUT2D eigenvalue weighted by atomic mass is 9.93. The van der Waals surface area contributed by atoms with Crippen LogP contribution in [0.2, 0.25) is 0 Å². The molecule has 0 saturated carbocycles. The quantitative estimate of drug-likeness (QED) is 0.759. The van der Waals surface area contributed by atoms with Crippen LogP contribution >= 0.6 is 0 Å². The van der Waals surface area contributed by atoms with Gasteiger partial charge in [0.1, 0.15) is 11.2 Å². The summed E-state index contributed by atoms with van der Waals surface area (Å²) in [6, 6.07) is 9.72. The molecule has 28 heavy (non-hydrogen) atoms. The summed E-state index contributed by atoms with van der Waals surface area (Å²) in [7, 11) is 0. The molecule has 140 valence electrons. The Morgan fingerprint density at radius 1 is 1.25 bits per heavy atom. The van der Waals surface area contributed by atoms with Crippen molar-refractivity contribution in [1.29, 1.82) is 0 Å². The lowest BCUT2D eigenvalue weighted by Gasteiger charge is -2.16. The lowest BCUT2D eigenvalue weighted by molar-refractivity contribution is 0.0693. The molecule has 0 bridgehead atoms. The van der Waals surface area contributed by atoms with E-state index in [0.29, 0.717) is 12.2 Å². The third-order valence-electron chi connectivity index (χ3n) is 4.93. The summed E-state index contributed by atoms with van der Waals surface area (Å²) in [5.41, 5.74) is 4.14. The molecular formula is C22H19N3O3. The number of nitrogens with zero attached hydrogens (tertiary/aromatic N) is 3. The van der Waals surface area contributed by atoms with E-state index in [0.717, 1.165) is 27.6 Å². The molecule has 1 N–H and O–H groups in total. The van der Waals surface area contributed by atoms with Crippen molar-refractivity contribution in [2.45, 2.75) is 19.9 Å². The highest BCUT2D eigenvalue weighted by Gasteiger charge is 2.16. The maximum absolute atomic E-state index is 12.3. The fraction of sp³-hybridized carbons (Fsp3) is 0.136. The van der Waals surface area contributed by atoms with E-state index in [1.54, 1.807) is 10.6 Å². The van der Waals surface area contributed by atoms with Crippen LogP contribution in [0.15, 0.2) is 77.4 Å². The molecule has 0 aliphatic heterocycles. The van der Waals surface area contributed by atoms with E-state index in [4.69, 9.17) is 0 Å². The van der Waals surface area contributed by atoms with Gasteiger partial charge in [0.25, 0.3) is 5.56 Å². The Kier molecular flexibility index (Phi) is 4.53. The molecule has 2 heterocycles. The van der Waals surface area contributed by atoms with E-state index >= 15 is 0 Å². The molecule has 0 unspecified atom stereocenters. The van der Waals surface area contributed by atoms with Gasteiger partial charge < -0.3 is 9.67 Å². The molecule has 0 saturated heterocycles. The minimum Gasteiger partial charge on any atom is -0.477 e. The summed E-state index contributed by atoms with van der Waals surface area (Å²) in [5.74, 6) is -1.26. The smallest absolute Gasteiger partial charge is 0.342 e. The zero-order valence-corrected chi connectivity index (χ0v) is 15.4. The van der Waals surface area contributed by atoms with Crippen LogP contribution in [0.4, 0.5) is 0 Å². The summed E-state index contributed by atoms with van der Waals surface area (Å²) in [6.45, 7) is 2.45. The monoisotopic (exact) mass is 373 g/mol. The van der Waals surface area contributed by atoms with Crippen molar-refractivity contribution in [2.24, 2.45) is 0 Å². The Morgan fingerprint density at radius 3 is 2.79 bits per heavy atom. The first-order chi connectivity index (χ1) is 13.6. The number of carboxylic acids is 1. The number of allylic oxidation sites excluding steroid dienone is 6. The third kappa shape index (κ3) is 3.09. The summed E-state index contributed by atoms with van der Waals surface area (Å²) < 4.78 is 2.88. The molecule has 1 aromatic carbocycles. The minimum absolute atomic E-state index is 0.303. The van der Waals surface area contributed by atoms with Crippen LogP contribution in [0.5, 0.6) is 0 Å². The maximum atomic E-state index is 12.3. The second-order valence-corrected chi connectivity index (χ2v) is 6.60. The molecule has 1 aliphatic carbocycles. The fourth-order valence-corrected chi connectivity index (χ4v) is 3.43. The highest BCUT2D eigenvalue weighted by atomic mass is 16.4. The van der Waals surface area contributed by atoms with Crippen molar-refractivity contribution in [1.82, 2.24) is 14.2 Å². The minimum atomic E-state index is -1.26. The zero-order valence-electron chi connectivity index (χ0n) is 15.4. The molecule has 0 spiro atoms. The van der Waals surface area contributed by atoms with Crippen molar-refractivity contribution in [3.63, 3.8) is 0 Å². The van der Waals surface area contributed by atoms with Crippen LogP contribution in [0.3, 0.4) is 0 Å². The molecule has 0 amide bonds. The number of carboxylic acid groups (broad SMARTS) is 1. The van der Waals surface area contributed by atoms with Gasteiger partial charge in [0.15, 0.2) is 0 Å². The largest absolute Gasteiger partial charge is 0.477 e. The SMILES string of the molecule is CC=C1C=CC(c2ccccc2Cn2cc(C(=O)O)c(=O)n3nccc23)=CC1. The van der Waals surface area contributed by atoms with Crippen molar-refractivity contribution in [3.05, 3.63) is 99.6 Å². The summed E-state index contributed by atoms with van der Waals surface area (Å²) in [4.78, 5) is 23.8. The van der Waals surface area contributed by atoms with E-state index in [1.807, 2.05) is 25.1 Å². The number of benzene rings is 1. The third-order valence-corrected chi connectivity index (χ3v) is 4.93. The highest BCUT2D eigenvalue weighted by molar-refractivity contribution is 5.87. The van der Waals surface area contributed by atoms with Gasteiger partial charge in [-0.2, -0.15) is 9.61 Å².